The van der Waals surface area contributed by atoms with Crippen molar-refractivity contribution < 1.29 is 14.3 Å². The summed E-state index contributed by atoms with van der Waals surface area (Å²) in [4.78, 5) is 13.2. The van der Waals surface area contributed by atoms with Gasteiger partial charge in [-0.2, -0.15) is 5.26 Å². The second-order valence-corrected chi connectivity index (χ2v) is 9.80. The van der Waals surface area contributed by atoms with Gasteiger partial charge in [-0.1, -0.05) is 43.6 Å². The van der Waals surface area contributed by atoms with Crippen LogP contribution in [0.5, 0.6) is 11.5 Å². The first-order valence-electron chi connectivity index (χ1n) is 10.9. The van der Waals surface area contributed by atoms with Crippen LogP contribution in [-0.4, -0.2) is 12.9 Å². The van der Waals surface area contributed by atoms with Crippen LogP contribution in [0.4, 0.5) is 0 Å². The van der Waals surface area contributed by atoms with E-state index in [9.17, 15) is 10.1 Å². The number of ketones is 1. The summed E-state index contributed by atoms with van der Waals surface area (Å²) < 4.78 is 11.6. The Morgan fingerprint density at radius 1 is 1.15 bits per heavy atom. The number of carbonyl (C=O) groups is 1. The summed E-state index contributed by atoms with van der Waals surface area (Å²) in [5.74, 6) is 0.811. The van der Waals surface area contributed by atoms with Gasteiger partial charge in [-0.25, -0.2) is 0 Å². The van der Waals surface area contributed by atoms with Gasteiger partial charge < -0.3 is 14.8 Å². The number of nitriles is 1. The topological polar surface area (TPSA) is 71.3 Å². The molecule has 2 aromatic carbocycles. The number of halogens is 1. The van der Waals surface area contributed by atoms with Crippen LogP contribution in [-0.2, 0) is 11.4 Å². The summed E-state index contributed by atoms with van der Waals surface area (Å²) in [6.07, 6.45) is 1.22. The van der Waals surface area contributed by atoms with E-state index in [4.69, 9.17) is 21.1 Å². The second kappa shape index (κ2) is 8.96. The number of nitrogens with one attached hydrogen (secondary N) is 1. The molecule has 2 aromatic rings. The number of allylic oxidation sites excluding steroid dienone is 4. The zero-order chi connectivity index (χ0) is 23.8. The zero-order valence-corrected chi connectivity index (χ0v) is 20.0. The highest BCUT2D eigenvalue weighted by atomic mass is 35.5. The Morgan fingerprint density at radius 2 is 1.88 bits per heavy atom. The molecule has 0 radical (unpaired) electrons. The molecule has 0 spiro atoms. The molecule has 0 bridgehead atoms. The molecule has 1 aliphatic carbocycles. The van der Waals surface area contributed by atoms with Crippen LogP contribution in [0.15, 0.2) is 65.0 Å². The lowest BCUT2D eigenvalue weighted by Crippen LogP contribution is -2.36. The van der Waals surface area contributed by atoms with Gasteiger partial charge in [0.05, 0.1) is 24.7 Å². The van der Waals surface area contributed by atoms with E-state index in [-0.39, 0.29) is 11.2 Å². The second-order valence-electron chi connectivity index (χ2n) is 9.37. The third-order valence-corrected chi connectivity index (χ3v) is 6.44. The van der Waals surface area contributed by atoms with Gasteiger partial charge in [-0.3, -0.25) is 4.79 Å². The largest absolute Gasteiger partial charge is 0.493 e. The molecule has 6 heteroatoms. The normalized spacial score (nSPS) is 19.5. The molecule has 0 saturated heterocycles. The van der Waals surface area contributed by atoms with Crippen molar-refractivity contribution >= 4 is 17.4 Å². The monoisotopic (exact) mass is 462 g/mol. The molecule has 0 saturated carbocycles. The van der Waals surface area contributed by atoms with Gasteiger partial charge in [-0.05, 0) is 54.2 Å². The summed E-state index contributed by atoms with van der Waals surface area (Å²) in [6.45, 7) is 6.45. The van der Waals surface area contributed by atoms with Crippen LogP contribution < -0.4 is 14.8 Å². The van der Waals surface area contributed by atoms with Crippen molar-refractivity contribution in [2.45, 2.75) is 46.1 Å². The highest BCUT2D eigenvalue weighted by Gasteiger charge is 2.41. The first kappa shape index (κ1) is 22.9. The van der Waals surface area contributed by atoms with Gasteiger partial charge in [0, 0.05) is 28.4 Å². The minimum atomic E-state index is -0.422. The number of hydrogen-bond donors (Lipinski definition) is 1. The quantitative estimate of drug-likeness (QED) is 0.585. The van der Waals surface area contributed by atoms with E-state index < -0.39 is 5.92 Å². The minimum absolute atomic E-state index is 0.0843. The van der Waals surface area contributed by atoms with E-state index in [1.807, 2.05) is 49.4 Å². The molecule has 1 atom stereocenters. The fourth-order valence-corrected chi connectivity index (χ4v) is 4.77. The molecule has 33 heavy (non-hydrogen) atoms. The van der Waals surface area contributed by atoms with Crippen molar-refractivity contribution in [1.29, 1.82) is 5.26 Å². The molecule has 0 aromatic heterocycles. The first-order chi connectivity index (χ1) is 15.7. The Bertz CT molecular complexity index is 1200. The zero-order valence-electron chi connectivity index (χ0n) is 19.3. The molecule has 0 unspecified atom stereocenters. The van der Waals surface area contributed by atoms with Gasteiger partial charge in [0.25, 0.3) is 0 Å². The third kappa shape index (κ3) is 4.62. The molecular formula is C27H27ClN2O3. The third-order valence-electron chi connectivity index (χ3n) is 6.19. The average Bonchev–Trinajstić information content (AvgIpc) is 2.77. The maximum absolute atomic E-state index is 13.2. The molecule has 2 aliphatic rings. The van der Waals surface area contributed by atoms with E-state index in [0.29, 0.717) is 40.7 Å². The Balaban J connectivity index is 1.69. The van der Waals surface area contributed by atoms with Crippen molar-refractivity contribution in [3.8, 4) is 17.6 Å². The molecule has 1 aliphatic heterocycles. The number of hydrogen-bond acceptors (Lipinski definition) is 5. The number of rotatable bonds is 5. The maximum atomic E-state index is 13.2. The predicted octanol–water partition coefficient (Wildman–Crippen LogP) is 6.06. The van der Waals surface area contributed by atoms with Crippen molar-refractivity contribution in [1.82, 2.24) is 5.32 Å². The molecule has 5 nitrogen and oxygen atoms in total. The van der Waals surface area contributed by atoms with E-state index in [1.54, 1.807) is 7.11 Å². The fraction of sp³-hybridized carbons (Fsp3) is 0.333. The van der Waals surface area contributed by atoms with E-state index in [2.05, 4.69) is 25.2 Å². The lowest BCUT2D eigenvalue weighted by atomic mass is 9.69. The number of Topliss-reactive ketones (excluding diaryl/α,β-unsaturated/α-hetero) is 1. The average molecular weight is 463 g/mol. The van der Waals surface area contributed by atoms with Gasteiger partial charge in [-0.15, -0.1) is 0 Å². The van der Waals surface area contributed by atoms with E-state index in [0.717, 1.165) is 28.9 Å². The van der Waals surface area contributed by atoms with E-state index >= 15 is 0 Å². The number of benzene rings is 2. The van der Waals surface area contributed by atoms with Gasteiger partial charge in [0.1, 0.15) is 6.61 Å². The summed E-state index contributed by atoms with van der Waals surface area (Å²) in [5.41, 5.74) is 4.65. The van der Waals surface area contributed by atoms with Gasteiger partial charge in [0.2, 0.25) is 0 Å². The van der Waals surface area contributed by atoms with Gasteiger partial charge in [0.15, 0.2) is 17.3 Å². The Morgan fingerprint density at radius 3 is 2.55 bits per heavy atom. The highest BCUT2D eigenvalue weighted by molar-refractivity contribution is 6.30. The first-order valence-corrected chi connectivity index (χ1v) is 11.3. The lowest BCUT2D eigenvalue weighted by Gasteiger charge is -2.38. The van der Waals surface area contributed by atoms with Crippen LogP contribution in [0, 0.1) is 16.7 Å². The number of carbonyl (C=O) groups excluding carboxylic acids is 1. The number of methoxy groups -OCH3 is 1. The smallest absolute Gasteiger partial charge is 0.162 e. The van der Waals surface area contributed by atoms with Crippen molar-refractivity contribution in [2.24, 2.45) is 5.41 Å². The molecule has 1 heterocycles. The van der Waals surface area contributed by atoms with Crippen LogP contribution in [0.2, 0.25) is 5.02 Å². The molecule has 0 amide bonds. The maximum Gasteiger partial charge on any atom is 0.162 e. The summed E-state index contributed by atoms with van der Waals surface area (Å²) in [7, 11) is 1.59. The Kier molecular flexibility index (Phi) is 6.23. The lowest BCUT2D eigenvalue weighted by molar-refractivity contribution is -0.118. The van der Waals surface area contributed by atoms with Crippen LogP contribution in [0.3, 0.4) is 0 Å². The summed E-state index contributed by atoms with van der Waals surface area (Å²) >= 11 is 5.96. The predicted molar refractivity (Wildman–Crippen MR) is 128 cm³/mol. The summed E-state index contributed by atoms with van der Waals surface area (Å²) in [5, 5.41) is 13.9. The Labute approximate surface area is 199 Å². The molecular weight excluding hydrogens is 436 g/mol. The highest BCUT2D eigenvalue weighted by Crippen LogP contribution is 2.47. The fourth-order valence-electron chi connectivity index (χ4n) is 4.64. The van der Waals surface area contributed by atoms with Crippen molar-refractivity contribution in [3.05, 3.63) is 81.2 Å². The SMILES string of the molecule is COc1cc([C@H]2C(C#N)=C(C)NC3=C2C(=O)CC(C)(C)C3)ccc1OCc1ccc(Cl)cc1. The molecule has 4 rings (SSSR count). The number of dihydropyridines is 1. The van der Waals surface area contributed by atoms with Gasteiger partial charge >= 0.3 is 0 Å². The van der Waals surface area contributed by atoms with E-state index in [1.165, 1.54) is 0 Å². The van der Waals surface area contributed by atoms with Crippen LogP contribution >= 0.6 is 11.6 Å². The van der Waals surface area contributed by atoms with Crippen molar-refractivity contribution in [2.75, 3.05) is 7.11 Å². The molecule has 1 N–H and O–H groups in total. The van der Waals surface area contributed by atoms with Crippen LogP contribution in [0.1, 0.15) is 50.7 Å². The summed E-state index contributed by atoms with van der Waals surface area (Å²) in [6, 6.07) is 15.4. The number of nitrogens with zero attached hydrogens (tertiary/aromatic N) is 1. The standard InChI is InChI=1S/C27H27ClN2O3/c1-16-20(14-29)25(26-21(30-16)12-27(2,3)13-22(26)31)18-7-10-23(24(11-18)32-4)33-15-17-5-8-19(28)9-6-17/h5-11,25,30H,12-13,15H2,1-4H3/t25-/m0/s1. The Hall–Kier alpha value is -3.23. The minimum Gasteiger partial charge on any atom is -0.493 e. The number of ether oxygens (including phenoxy) is 2. The molecule has 0 fully saturated rings. The van der Waals surface area contributed by atoms with Crippen LogP contribution in [0.25, 0.3) is 0 Å². The molecule has 170 valence electrons. The van der Waals surface area contributed by atoms with Crippen molar-refractivity contribution in [3.63, 3.8) is 0 Å².